The molecule has 0 aliphatic carbocycles. The molecule has 1 N–H and O–H groups in total. The van der Waals surface area contributed by atoms with Crippen LogP contribution < -0.4 is 10.2 Å². The zero-order chi connectivity index (χ0) is 16.9. The maximum absolute atomic E-state index is 12.6. The minimum atomic E-state index is -0.150. The highest BCUT2D eigenvalue weighted by Gasteiger charge is 2.27. The van der Waals surface area contributed by atoms with Crippen molar-refractivity contribution in [1.29, 1.82) is 0 Å². The molecule has 6 heteroatoms. The maximum Gasteiger partial charge on any atom is 0.229 e. The van der Waals surface area contributed by atoms with Gasteiger partial charge in [0.2, 0.25) is 11.9 Å². The van der Waals surface area contributed by atoms with Gasteiger partial charge in [0.1, 0.15) is 0 Å². The number of anilines is 2. The van der Waals surface area contributed by atoms with Crippen LogP contribution in [0.3, 0.4) is 0 Å². The zero-order valence-electron chi connectivity index (χ0n) is 13.6. The highest BCUT2D eigenvalue weighted by atomic mass is 16.2. The number of aromatic nitrogens is 2. The van der Waals surface area contributed by atoms with Crippen LogP contribution in [0, 0.1) is 5.92 Å². The van der Waals surface area contributed by atoms with E-state index in [0.717, 1.165) is 19.4 Å². The molecule has 3 rings (SSSR count). The number of amides is 1. The molecule has 2 aromatic rings. The van der Waals surface area contributed by atoms with Gasteiger partial charge < -0.3 is 10.2 Å². The Hall–Kier alpha value is -2.76. The second-order valence-corrected chi connectivity index (χ2v) is 5.92. The van der Waals surface area contributed by atoms with E-state index in [0.29, 0.717) is 23.7 Å². The van der Waals surface area contributed by atoms with Gasteiger partial charge in [-0.3, -0.25) is 9.59 Å². The van der Waals surface area contributed by atoms with Crippen molar-refractivity contribution >= 4 is 23.3 Å². The Morgan fingerprint density at radius 2 is 1.92 bits per heavy atom. The average molecular weight is 324 g/mol. The molecule has 1 atom stereocenters. The number of benzene rings is 1. The fourth-order valence-electron chi connectivity index (χ4n) is 2.96. The Morgan fingerprint density at radius 1 is 1.17 bits per heavy atom. The van der Waals surface area contributed by atoms with Gasteiger partial charge in [-0.1, -0.05) is 12.1 Å². The number of Topliss-reactive ketones (excluding diaryl/α,β-unsaturated/α-hetero) is 1. The van der Waals surface area contributed by atoms with Gasteiger partial charge in [0, 0.05) is 31.0 Å². The lowest BCUT2D eigenvalue weighted by Crippen LogP contribution is -2.41. The first-order valence-electron chi connectivity index (χ1n) is 8.08. The Bertz CT molecular complexity index is 733. The second kappa shape index (κ2) is 7.21. The van der Waals surface area contributed by atoms with Crippen molar-refractivity contribution in [3.63, 3.8) is 0 Å². The number of ketones is 1. The SMILES string of the molecule is CC(=O)c1ccccc1NC(=O)C1CCCN(c2ncccn2)C1. The number of piperidine rings is 1. The Morgan fingerprint density at radius 3 is 2.67 bits per heavy atom. The van der Waals surface area contributed by atoms with Crippen LogP contribution in [-0.2, 0) is 4.79 Å². The van der Waals surface area contributed by atoms with Crippen molar-refractivity contribution in [1.82, 2.24) is 9.97 Å². The lowest BCUT2D eigenvalue weighted by Gasteiger charge is -2.32. The molecular formula is C18H20N4O2. The molecule has 1 unspecified atom stereocenters. The summed E-state index contributed by atoms with van der Waals surface area (Å²) in [5.41, 5.74) is 1.10. The molecule has 1 aromatic carbocycles. The van der Waals surface area contributed by atoms with Crippen molar-refractivity contribution in [2.75, 3.05) is 23.3 Å². The maximum atomic E-state index is 12.6. The lowest BCUT2D eigenvalue weighted by molar-refractivity contribution is -0.120. The third-order valence-electron chi connectivity index (χ3n) is 4.19. The molecule has 24 heavy (non-hydrogen) atoms. The average Bonchev–Trinajstić information content (AvgIpc) is 2.63. The molecule has 124 valence electrons. The molecule has 2 heterocycles. The largest absolute Gasteiger partial charge is 0.340 e. The topological polar surface area (TPSA) is 75.2 Å². The van der Waals surface area contributed by atoms with Crippen molar-refractivity contribution < 1.29 is 9.59 Å². The number of rotatable bonds is 4. The summed E-state index contributed by atoms with van der Waals surface area (Å²) in [7, 11) is 0. The minimum Gasteiger partial charge on any atom is -0.340 e. The van der Waals surface area contributed by atoms with Crippen molar-refractivity contribution in [2.45, 2.75) is 19.8 Å². The molecule has 0 radical (unpaired) electrons. The van der Waals surface area contributed by atoms with E-state index in [2.05, 4.69) is 15.3 Å². The molecule has 1 fully saturated rings. The minimum absolute atomic E-state index is 0.0612. The predicted octanol–water partition coefficient (Wildman–Crippen LogP) is 2.53. The molecule has 6 nitrogen and oxygen atoms in total. The summed E-state index contributed by atoms with van der Waals surface area (Å²) in [5, 5.41) is 2.91. The van der Waals surface area contributed by atoms with Gasteiger partial charge >= 0.3 is 0 Å². The summed E-state index contributed by atoms with van der Waals surface area (Å²) in [6, 6.07) is 8.86. The molecule has 1 aliphatic heterocycles. The van der Waals surface area contributed by atoms with Crippen LogP contribution in [0.1, 0.15) is 30.1 Å². The van der Waals surface area contributed by atoms with Crippen LogP contribution in [0.4, 0.5) is 11.6 Å². The van der Waals surface area contributed by atoms with Crippen molar-refractivity contribution in [3.8, 4) is 0 Å². The summed E-state index contributed by atoms with van der Waals surface area (Å²) in [4.78, 5) is 34.9. The van der Waals surface area contributed by atoms with Crippen LogP contribution in [-0.4, -0.2) is 34.7 Å². The van der Waals surface area contributed by atoms with Gasteiger partial charge in [-0.2, -0.15) is 0 Å². The summed E-state index contributed by atoms with van der Waals surface area (Å²) >= 11 is 0. The summed E-state index contributed by atoms with van der Waals surface area (Å²) in [6.07, 6.45) is 5.13. The van der Waals surface area contributed by atoms with Crippen LogP contribution in [0.2, 0.25) is 0 Å². The van der Waals surface area contributed by atoms with Crippen molar-refractivity contribution in [2.24, 2.45) is 5.92 Å². The molecule has 0 spiro atoms. The fraction of sp³-hybridized carbons (Fsp3) is 0.333. The fourth-order valence-corrected chi connectivity index (χ4v) is 2.96. The van der Waals surface area contributed by atoms with Crippen molar-refractivity contribution in [3.05, 3.63) is 48.3 Å². The Labute approximate surface area is 140 Å². The first-order valence-corrected chi connectivity index (χ1v) is 8.08. The van der Waals surface area contributed by atoms with E-state index in [1.165, 1.54) is 6.92 Å². The molecule has 1 saturated heterocycles. The number of nitrogens with one attached hydrogen (secondary N) is 1. The first kappa shape index (κ1) is 16.1. The van der Waals surface area contributed by atoms with Crippen LogP contribution in [0.5, 0.6) is 0 Å². The van der Waals surface area contributed by atoms with E-state index in [9.17, 15) is 9.59 Å². The first-order chi connectivity index (χ1) is 11.6. The zero-order valence-corrected chi connectivity index (χ0v) is 13.6. The van der Waals surface area contributed by atoms with Crippen LogP contribution >= 0.6 is 0 Å². The van der Waals surface area contributed by atoms with E-state index in [-0.39, 0.29) is 17.6 Å². The van der Waals surface area contributed by atoms with E-state index in [1.54, 1.807) is 36.7 Å². The van der Waals surface area contributed by atoms with Crippen LogP contribution in [0.25, 0.3) is 0 Å². The smallest absolute Gasteiger partial charge is 0.229 e. The normalized spacial score (nSPS) is 17.4. The Kier molecular flexibility index (Phi) is 4.84. The molecule has 0 saturated carbocycles. The summed E-state index contributed by atoms with van der Waals surface area (Å²) in [6.45, 7) is 2.93. The molecule has 1 amide bonds. The molecular weight excluding hydrogens is 304 g/mol. The summed E-state index contributed by atoms with van der Waals surface area (Å²) in [5.74, 6) is 0.375. The van der Waals surface area contributed by atoms with E-state index < -0.39 is 0 Å². The number of carbonyl (C=O) groups is 2. The van der Waals surface area contributed by atoms with Gasteiger partial charge in [-0.25, -0.2) is 9.97 Å². The highest BCUT2D eigenvalue weighted by Crippen LogP contribution is 2.23. The van der Waals surface area contributed by atoms with Gasteiger partial charge in [-0.05, 0) is 38.0 Å². The standard InChI is InChI=1S/C18H20N4O2/c1-13(23)15-7-2-3-8-16(15)21-17(24)14-6-4-11-22(12-14)18-19-9-5-10-20-18/h2-3,5,7-10,14H,4,6,11-12H2,1H3,(H,21,24). The van der Waals surface area contributed by atoms with Gasteiger partial charge in [0.15, 0.2) is 5.78 Å². The number of nitrogens with zero attached hydrogens (tertiary/aromatic N) is 3. The van der Waals surface area contributed by atoms with E-state index in [4.69, 9.17) is 0 Å². The third kappa shape index (κ3) is 3.59. The molecule has 1 aromatic heterocycles. The van der Waals surface area contributed by atoms with E-state index in [1.807, 2.05) is 11.0 Å². The number of para-hydroxylation sites is 1. The second-order valence-electron chi connectivity index (χ2n) is 5.92. The lowest BCUT2D eigenvalue weighted by atomic mass is 9.97. The molecule has 0 bridgehead atoms. The molecule has 1 aliphatic rings. The Balaban J connectivity index is 1.70. The van der Waals surface area contributed by atoms with Gasteiger partial charge in [-0.15, -0.1) is 0 Å². The summed E-state index contributed by atoms with van der Waals surface area (Å²) < 4.78 is 0. The quantitative estimate of drug-likeness (QED) is 0.875. The van der Waals surface area contributed by atoms with Gasteiger partial charge in [0.05, 0.1) is 11.6 Å². The number of hydrogen-bond acceptors (Lipinski definition) is 5. The van der Waals surface area contributed by atoms with E-state index >= 15 is 0 Å². The van der Waals surface area contributed by atoms with Gasteiger partial charge in [0.25, 0.3) is 0 Å². The predicted molar refractivity (Wildman–Crippen MR) is 92.0 cm³/mol. The van der Waals surface area contributed by atoms with Crippen LogP contribution in [0.15, 0.2) is 42.7 Å². The number of carbonyl (C=O) groups excluding carboxylic acids is 2. The number of hydrogen-bond donors (Lipinski definition) is 1. The highest BCUT2D eigenvalue weighted by molar-refractivity contribution is 6.04. The monoisotopic (exact) mass is 324 g/mol. The third-order valence-corrected chi connectivity index (χ3v) is 4.19.